The van der Waals surface area contributed by atoms with Gasteiger partial charge in [-0.2, -0.15) is 0 Å². The maximum Gasteiger partial charge on any atom is 0.225 e. The number of morpholine rings is 1. The van der Waals surface area contributed by atoms with Crippen LogP contribution in [0, 0.1) is 5.92 Å². The highest BCUT2D eigenvalue weighted by molar-refractivity contribution is 5.79. The highest BCUT2D eigenvalue weighted by Crippen LogP contribution is 2.29. The van der Waals surface area contributed by atoms with E-state index in [4.69, 9.17) is 4.74 Å². The highest BCUT2D eigenvalue weighted by atomic mass is 16.5. The van der Waals surface area contributed by atoms with Crippen molar-refractivity contribution in [3.8, 4) is 0 Å². The van der Waals surface area contributed by atoms with Crippen molar-refractivity contribution in [2.45, 2.75) is 51.7 Å². The molecule has 4 nitrogen and oxygen atoms in total. The average molecular weight is 254 g/mol. The average Bonchev–Trinajstić information content (AvgIpc) is 2.25. The largest absolute Gasteiger partial charge is 0.366 e. The van der Waals surface area contributed by atoms with Crippen LogP contribution in [-0.4, -0.2) is 48.2 Å². The van der Waals surface area contributed by atoms with Crippen LogP contribution in [0.15, 0.2) is 0 Å². The Labute approximate surface area is 110 Å². The summed E-state index contributed by atoms with van der Waals surface area (Å²) in [6.07, 6.45) is 1.94. The predicted octanol–water partition coefficient (Wildman–Crippen LogP) is 1.40. The minimum absolute atomic E-state index is 0.205. The molecule has 1 N–H and O–H groups in total. The minimum Gasteiger partial charge on any atom is -0.366 e. The monoisotopic (exact) mass is 254 g/mol. The summed E-state index contributed by atoms with van der Waals surface area (Å²) in [5.41, 5.74) is -0.491. The van der Waals surface area contributed by atoms with E-state index in [2.05, 4.69) is 33.0 Å². The lowest BCUT2D eigenvalue weighted by Gasteiger charge is -2.48. The van der Waals surface area contributed by atoms with Crippen LogP contribution in [-0.2, 0) is 9.53 Å². The van der Waals surface area contributed by atoms with Crippen LogP contribution in [0.4, 0.5) is 0 Å². The molecule has 2 aliphatic rings. The van der Waals surface area contributed by atoms with Gasteiger partial charge in [-0.3, -0.25) is 4.79 Å². The summed E-state index contributed by atoms with van der Waals surface area (Å²) in [5.74, 6) is 0.525. The third-order valence-corrected chi connectivity index (χ3v) is 3.70. The van der Waals surface area contributed by atoms with E-state index in [0.717, 1.165) is 25.9 Å². The lowest BCUT2D eigenvalue weighted by Crippen LogP contribution is -2.60. The molecule has 1 amide bonds. The molecule has 2 fully saturated rings. The summed E-state index contributed by atoms with van der Waals surface area (Å²) in [5, 5.41) is 3.31. The number of hydrogen-bond acceptors (Lipinski definition) is 3. The fourth-order valence-corrected chi connectivity index (χ4v) is 3.27. The molecule has 18 heavy (non-hydrogen) atoms. The maximum absolute atomic E-state index is 12.6. The number of amides is 1. The van der Waals surface area contributed by atoms with Gasteiger partial charge in [0.15, 0.2) is 0 Å². The van der Waals surface area contributed by atoms with Gasteiger partial charge in [0.1, 0.15) is 0 Å². The number of carbonyl (C=O) groups is 1. The van der Waals surface area contributed by atoms with E-state index in [1.54, 1.807) is 0 Å². The molecule has 0 unspecified atom stereocenters. The van der Waals surface area contributed by atoms with Crippen molar-refractivity contribution in [3.63, 3.8) is 0 Å². The first-order valence-corrected chi connectivity index (χ1v) is 6.99. The Kier molecular flexibility index (Phi) is 3.70. The lowest BCUT2D eigenvalue weighted by atomic mass is 9.93. The molecular weight excluding hydrogens is 228 g/mol. The predicted molar refractivity (Wildman–Crippen MR) is 71.4 cm³/mol. The fraction of sp³-hybridized carbons (Fsp3) is 0.929. The molecule has 2 aliphatic heterocycles. The molecule has 0 atom stereocenters. The molecule has 104 valence electrons. The van der Waals surface area contributed by atoms with E-state index in [1.165, 1.54) is 0 Å². The second kappa shape index (κ2) is 4.82. The highest BCUT2D eigenvalue weighted by Gasteiger charge is 2.41. The van der Waals surface area contributed by atoms with E-state index in [0.29, 0.717) is 19.0 Å². The number of ether oxygens (including phenoxy) is 1. The minimum atomic E-state index is -0.246. The Bertz CT molecular complexity index is 304. The molecule has 2 rings (SSSR count). The zero-order valence-electron chi connectivity index (χ0n) is 12.1. The smallest absolute Gasteiger partial charge is 0.225 e. The number of nitrogens with one attached hydrogen (secondary N) is 1. The molecule has 4 heteroatoms. The molecule has 2 heterocycles. The van der Waals surface area contributed by atoms with Crippen LogP contribution in [0.2, 0.25) is 0 Å². The standard InChI is InChI=1S/C14H26N2O2/c1-13(2)9-16(10-14(3,4)18-13)12(17)11-5-7-15-8-6-11/h11,15H,5-10H2,1-4H3. The Hall–Kier alpha value is -0.610. The van der Waals surface area contributed by atoms with Crippen LogP contribution in [0.25, 0.3) is 0 Å². The van der Waals surface area contributed by atoms with Crippen molar-refractivity contribution in [2.24, 2.45) is 5.92 Å². The summed E-state index contributed by atoms with van der Waals surface area (Å²) in [4.78, 5) is 14.6. The van der Waals surface area contributed by atoms with Crippen molar-refractivity contribution in [3.05, 3.63) is 0 Å². The Morgan fingerprint density at radius 1 is 1.11 bits per heavy atom. The summed E-state index contributed by atoms with van der Waals surface area (Å²) in [7, 11) is 0. The molecule has 0 aromatic rings. The van der Waals surface area contributed by atoms with Crippen LogP contribution in [0.1, 0.15) is 40.5 Å². The van der Waals surface area contributed by atoms with Crippen molar-refractivity contribution in [1.82, 2.24) is 10.2 Å². The Morgan fingerprint density at radius 2 is 1.61 bits per heavy atom. The molecule has 0 saturated carbocycles. The molecule has 2 saturated heterocycles. The summed E-state index contributed by atoms with van der Waals surface area (Å²) in [6.45, 7) is 11.6. The lowest BCUT2D eigenvalue weighted by molar-refractivity contribution is -0.190. The third kappa shape index (κ3) is 3.23. The normalized spacial score (nSPS) is 28.1. The summed E-state index contributed by atoms with van der Waals surface area (Å²) >= 11 is 0. The Morgan fingerprint density at radius 3 is 2.11 bits per heavy atom. The van der Waals surface area contributed by atoms with Gasteiger partial charge in [-0.25, -0.2) is 0 Å². The first-order chi connectivity index (χ1) is 8.29. The van der Waals surface area contributed by atoms with Gasteiger partial charge in [0.2, 0.25) is 5.91 Å². The summed E-state index contributed by atoms with van der Waals surface area (Å²) in [6, 6.07) is 0. The van der Waals surface area contributed by atoms with Crippen LogP contribution < -0.4 is 5.32 Å². The maximum atomic E-state index is 12.6. The number of hydrogen-bond donors (Lipinski definition) is 1. The van der Waals surface area contributed by atoms with Crippen LogP contribution >= 0.6 is 0 Å². The first kappa shape index (κ1) is 13.8. The van der Waals surface area contributed by atoms with Gasteiger partial charge in [0.05, 0.1) is 11.2 Å². The van der Waals surface area contributed by atoms with Gasteiger partial charge in [-0.15, -0.1) is 0 Å². The zero-order chi connectivity index (χ0) is 13.4. The van der Waals surface area contributed by atoms with Crippen LogP contribution in [0.5, 0.6) is 0 Å². The SMILES string of the molecule is CC1(C)CN(C(=O)C2CCNCC2)CC(C)(C)O1. The molecule has 0 bridgehead atoms. The molecule has 0 aromatic heterocycles. The van der Waals surface area contributed by atoms with Gasteiger partial charge in [0.25, 0.3) is 0 Å². The number of rotatable bonds is 1. The molecule has 0 aromatic carbocycles. The molecule has 0 aliphatic carbocycles. The van der Waals surface area contributed by atoms with Gasteiger partial charge >= 0.3 is 0 Å². The van der Waals surface area contributed by atoms with Crippen molar-refractivity contribution >= 4 is 5.91 Å². The van der Waals surface area contributed by atoms with Crippen molar-refractivity contribution in [2.75, 3.05) is 26.2 Å². The van der Waals surface area contributed by atoms with Crippen molar-refractivity contribution < 1.29 is 9.53 Å². The van der Waals surface area contributed by atoms with Gasteiger partial charge in [-0.05, 0) is 53.6 Å². The van der Waals surface area contributed by atoms with E-state index in [1.807, 2.05) is 4.90 Å². The number of piperidine rings is 1. The van der Waals surface area contributed by atoms with Gasteiger partial charge < -0.3 is 15.0 Å². The van der Waals surface area contributed by atoms with E-state index < -0.39 is 0 Å². The molecule has 0 spiro atoms. The second-order valence-corrected chi connectivity index (χ2v) is 6.84. The number of nitrogens with zero attached hydrogens (tertiary/aromatic N) is 1. The van der Waals surface area contributed by atoms with Crippen molar-refractivity contribution in [1.29, 1.82) is 0 Å². The molecular formula is C14H26N2O2. The van der Waals surface area contributed by atoms with Crippen LogP contribution in [0.3, 0.4) is 0 Å². The van der Waals surface area contributed by atoms with E-state index in [9.17, 15) is 4.79 Å². The van der Waals surface area contributed by atoms with Gasteiger partial charge in [-0.1, -0.05) is 0 Å². The van der Waals surface area contributed by atoms with Gasteiger partial charge in [0, 0.05) is 19.0 Å². The molecule has 0 radical (unpaired) electrons. The third-order valence-electron chi connectivity index (χ3n) is 3.70. The number of carbonyl (C=O) groups excluding carboxylic acids is 1. The Balaban J connectivity index is 2.05. The zero-order valence-corrected chi connectivity index (χ0v) is 12.1. The fourth-order valence-electron chi connectivity index (χ4n) is 3.27. The quantitative estimate of drug-likeness (QED) is 0.769. The van der Waals surface area contributed by atoms with E-state index >= 15 is 0 Å². The first-order valence-electron chi connectivity index (χ1n) is 6.99. The summed E-state index contributed by atoms with van der Waals surface area (Å²) < 4.78 is 6.02. The topological polar surface area (TPSA) is 41.6 Å². The second-order valence-electron chi connectivity index (χ2n) is 6.84. The van der Waals surface area contributed by atoms with E-state index in [-0.39, 0.29) is 17.1 Å².